The standard InChI is InChI=1S/C9H8N2O4/c12-6-2-1-3-5(4(2)8(14)10-6)9(15)11-7(3)13/h2-5H,1H2,(H,10,12,14)(H,11,13,15)/t2-,3-,4+,5+/m1/s1. The SMILES string of the molecule is O=C1NC(=O)[C@@H]2C[C@H]3C(=O)NC(=O)[C@@H]3[C@@H]12. The monoisotopic (exact) mass is 208 g/mol. The first-order valence-corrected chi connectivity index (χ1v) is 4.79. The summed E-state index contributed by atoms with van der Waals surface area (Å²) in [5, 5.41) is 4.40. The van der Waals surface area contributed by atoms with Crippen molar-refractivity contribution in [2.75, 3.05) is 0 Å². The van der Waals surface area contributed by atoms with E-state index in [1.165, 1.54) is 0 Å². The van der Waals surface area contributed by atoms with E-state index >= 15 is 0 Å². The van der Waals surface area contributed by atoms with Crippen molar-refractivity contribution in [2.45, 2.75) is 6.42 Å². The number of amides is 4. The maximum absolute atomic E-state index is 11.4. The first kappa shape index (κ1) is 8.58. The minimum atomic E-state index is -0.631. The fourth-order valence-corrected chi connectivity index (χ4v) is 2.89. The molecule has 3 fully saturated rings. The van der Waals surface area contributed by atoms with Gasteiger partial charge >= 0.3 is 0 Å². The van der Waals surface area contributed by atoms with Gasteiger partial charge in [-0.3, -0.25) is 29.8 Å². The van der Waals surface area contributed by atoms with Gasteiger partial charge in [-0.1, -0.05) is 0 Å². The van der Waals surface area contributed by atoms with Gasteiger partial charge in [0.25, 0.3) is 0 Å². The molecule has 2 saturated heterocycles. The lowest BCUT2D eigenvalue weighted by Crippen LogP contribution is -2.31. The summed E-state index contributed by atoms with van der Waals surface area (Å²) in [7, 11) is 0. The van der Waals surface area contributed by atoms with Crippen molar-refractivity contribution in [1.29, 1.82) is 0 Å². The minimum absolute atomic E-state index is 0.310. The fraction of sp³-hybridized carbons (Fsp3) is 0.556. The third kappa shape index (κ3) is 0.886. The quantitative estimate of drug-likeness (QED) is 0.458. The van der Waals surface area contributed by atoms with Gasteiger partial charge in [0.1, 0.15) is 0 Å². The zero-order chi connectivity index (χ0) is 10.7. The van der Waals surface area contributed by atoms with Crippen molar-refractivity contribution < 1.29 is 19.2 Å². The molecule has 0 aromatic rings. The molecule has 2 heterocycles. The van der Waals surface area contributed by atoms with E-state index in [9.17, 15) is 19.2 Å². The van der Waals surface area contributed by atoms with E-state index < -0.39 is 35.5 Å². The number of rotatable bonds is 0. The molecular weight excluding hydrogens is 200 g/mol. The lowest BCUT2D eigenvalue weighted by Gasteiger charge is -2.09. The summed E-state index contributed by atoms with van der Waals surface area (Å²) in [6, 6.07) is 0. The molecule has 6 nitrogen and oxygen atoms in total. The second kappa shape index (κ2) is 2.44. The van der Waals surface area contributed by atoms with Gasteiger partial charge in [0, 0.05) is 0 Å². The molecule has 2 aliphatic heterocycles. The van der Waals surface area contributed by atoms with Crippen LogP contribution in [0, 0.1) is 23.7 Å². The molecule has 4 amide bonds. The third-order valence-corrected chi connectivity index (χ3v) is 3.53. The first-order valence-electron chi connectivity index (χ1n) is 4.79. The molecule has 0 radical (unpaired) electrons. The van der Waals surface area contributed by atoms with Crippen molar-refractivity contribution in [3.8, 4) is 0 Å². The number of hydrogen-bond donors (Lipinski definition) is 2. The number of fused-ring (bicyclic) bond motifs is 3. The lowest BCUT2D eigenvalue weighted by atomic mass is 9.89. The van der Waals surface area contributed by atoms with Gasteiger partial charge in [-0.05, 0) is 6.42 Å². The molecule has 0 spiro atoms. The van der Waals surface area contributed by atoms with Crippen LogP contribution in [-0.4, -0.2) is 23.6 Å². The molecule has 15 heavy (non-hydrogen) atoms. The van der Waals surface area contributed by atoms with Gasteiger partial charge < -0.3 is 0 Å². The summed E-state index contributed by atoms with van der Waals surface area (Å²) in [6.45, 7) is 0. The van der Waals surface area contributed by atoms with Crippen molar-refractivity contribution in [3.63, 3.8) is 0 Å². The highest BCUT2D eigenvalue weighted by Crippen LogP contribution is 2.46. The highest BCUT2D eigenvalue weighted by atomic mass is 16.2. The Kier molecular flexibility index (Phi) is 1.40. The Labute approximate surface area is 84.4 Å². The second-order valence-electron chi connectivity index (χ2n) is 4.21. The normalized spacial score (nSPS) is 42.7. The van der Waals surface area contributed by atoms with E-state index in [1.54, 1.807) is 0 Å². The summed E-state index contributed by atoms with van der Waals surface area (Å²) >= 11 is 0. The number of carbonyl (C=O) groups is 4. The molecule has 78 valence electrons. The van der Waals surface area contributed by atoms with Crippen LogP contribution in [0.4, 0.5) is 0 Å². The zero-order valence-corrected chi connectivity index (χ0v) is 7.65. The lowest BCUT2D eigenvalue weighted by molar-refractivity contribution is -0.131. The maximum Gasteiger partial charge on any atom is 0.231 e. The summed E-state index contributed by atoms with van der Waals surface area (Å²) in [5.41, 5.74) is 0. The van der Waals surface area contributed by atoms with E-state index in [2.05, 4.69) is 10.6 Å². The van der Waals surface area contributed by atoms with Crippen LogP contribution in [0.25, 0.3) is 0 Å². The van der Waals surface area contributed by atoms with Crippen molar-refractivity contribution in [2.24, 2.45) is 23.7 Å². The zero-order valence-electron chi connectivity index (χ0n) is 7.65. The fourth-order valence-electron chi connectivity index (χ4n) is 2.89. The Hall–Kier alpha value is -1.72. The Bertz CT molecular complexity index is 378. The van der Waals surface area contributed by atoms with Crippen molar-refractivity contribution in [3.05, 3.63) is 0 Å². The summed E-state index contributed by atoms with van der Waals surface area (Å²) in [4.78, 5) is 45.5. The van der Waals surface area contributed by atoms with Crippen LogP contribution in [0.1, 0.15) is 6.42 Å². The van der Waals surface area contributed by atoms with E-state index in [-0.39, 0.29) is 11.8 Å². The van der Waals surface area contributed by atoms with Crippen LogP contribution in [-0.2, 0) is 19.2 Å². The molecule has 0 bridgehead atoms. The Morgan fingerprint density at radius 3 is 1.53 bits per heavy atom. The van der Waals surface area contributed by atoms with Gasteiger partial charge in [-0.15, -0.1) is 0 Å². The summed E-state index contributed by atoms with van der Waals surface area (Å²) < 4.78 is 0. The van der Waals surface area contributed by atoms with E-state index in [0.29, 0.717) is 6.42 Å². The van der Waals surface area contributed by atoms with Crippen LogP contribution < -0.4 is 10.6 Å². The predicted molar refractivity (Wildman–Crippen MR) is 44.9 cm³/mol. The first-order chi connectivity index (χ1) is 7.09. The van der Waals surface area contributed by atoms with Crippen LogP contribution in [0.15, 0.2) is 0 Å². The summed E-state index contributed by atoms with van der Waals surface area (Å²) in [5.74, 6) is -3.75. The Balaban J connectivity index is 2.03. The molecule has 1 aliphatic carbocycles. The molecule has 4 atom stereocenters. The van der Waals surface area contributed by atoms with Crippen LogP contribution in [0.3, 0.4) is 0 Å². The Morgan fingerprint density at radius 1 is 0.733 bits per heavy atom. The molecule has 3 aliphatic rings. The van der Waals surface area contributed by atoms with E-state index in [4.69, 9.17) is 0 Å². The molecule has 0 unspecified atom stereocenters. The largest absolute Gasteiger partial charge is 0.296 e. The average molecular weight is 208 g/mol. The van der Waals surface area contributed by atoms with Crippen molar-refractivity contribution in [1.82, 2.24) is 10.6 Å². The minimum Gasteiger partial charge on any atom is -0.296 e. The van der Waals surface area contributed by atoms with Crippen LogP contribution >= 0.6 is 0 Å². The van der Waals surface area contributed by atoms with Gasteiger partial charge in [0.2, 0.25) is 23.6 Å². The second-order valence-corrected chi connectivity index (χ2v) is 4.21. The van der Waals surface area contributed by atoms with Crippen LogP contribution in [0.2, 0.25) is 0 Å². The smallest absolute Gasteiger partial charge is 0.231 e. The molecule has 0 aromatic heterocycles. The highest BCUT2D eigenvalue weighted by molar-refractivity contribution is 6.13. The van der Waals surface area contributed by atoms with E-state index in [1.807, 2.05) is 0 Å². The number of nitrogens with one attached hydrogen (secondary N) is 2. The third-order valence-electron chi connectivity index (χ3n) is 3.53. The molecule has 6 heteroatoms. The van der Waals surface area contributed by atoms with Gasteiger partial charge in [-0.25, -0.2) is 0 Å². The number of carbonyl (C=O) groups excluding carboxylic acids is 4. The highest BCUT2D eigenvalue weighted by Gasteiger charge is 2.61. The van der Waals surface area contributed by atoms with Crippen LogP contribution in [0.5, 0.6) is 0 Å². The molecule has 3 rings (SSSR count). The summed E-state index contributed by atoms with van der Waals surface area (Å²) in [6.07, 6.45) is 0.310. The number of hydrogen-bond acceptors (Lipinski definition) is 4. The number of imide groups is 2. The average Bonchev–Trinajstić information content (AvgIpc) is 2.72. The van der Waals surface area contributed by atoms with E-state index in [0.717, 1.165) is 0 Å². The topological polar surface area (TPSA) is 92.3 Å². The maximum atomic E-state index is 11.4. The molecule has 2 N–H and O–H groups in total. The molecule has 1 saturated carbocycles. The van der Waals surface area contributed by atoms with Gasteiger partial charge in [0.15, 0.2) is 0 Å². The Morgan fingerprint density at radius 2 is 1.13 bits per heavy atom. The molecule has 0 aromatic carbocycles. The van der Waals surface area contributed by atoms with Gasteiger partial charge in [0.05, 0.1) is 23.7 Å². The van der Waals surface area contributed by atoms with Gasteiger partial charge in [-0.2, -0.15) is 0 Å². The predicted octanol–water partition coefficient (Wildman–Crippen LogP) is -1.83. The molecular formula is C9H8N2O4. The van der Waals surface area contributed by atoms with Crippen molar-refractivity contribution >= 4 is 23.6 Å².